The van der Waals surface area contributed by atoms with Gasteiger partial charge >= 0.3 is 5.97 Å². The number of esters is 1. The molecule has 0 spiro atoms. The van der Waals surface area contributed by atoms with Gasteiger partial charge in [-0.2, -0.15) is 0 Å². The topological polar surface area (TPSA) is 98.9 Å². The van der Waals surface area contributed by atoms with Crippen molar-refractivity contribution in [2.24, 2.45) is 5.73 Å². The Morgan fingerprint density at radius 3 is 2.52 bits per heavy atom. The van der Waals surface area contributed by atoms with Crippen LogP contribution in [0, 0.1) is 0 Å². The number of sulfonamides is 1. The van der Waals surface area contributed by atoms with E-state index in [1.807, 2.05) is 0 Å². The first-order valence-electron chi connectivity index (χ1n) is 7.36. The highest BCUT2D eigenvalue weighted by atomic mass is 32.2. The Labute approximate surface area is 126 Å². The molecule has 0 saturated carbocycles. The number of hydrogen-bond acceptors (Lipinski definition) is 6. The minimum atomic E-state index is -3.29. The molecule has 8 heteroatoms. The lowest BCUT2D eigenvalue weighted by atomic mass is 10.1. The first-order valence-corrected chi connectivity index (χ1v) is 8.97. The van der Waals surface area contributed by atoms with Crippen LogP contribution < -0.4 is 5.73 Å². The Kier molecular flexibility index (Phi) is 8.16. The number of nitrogens with zero attached hydrogens (tertiary/aromatic N) is 1. The quantitative estimate of drug-likeness (QED) is 0.477. The number of piperidine rings is 1. The van der Waals surface area contributed by atoms with Crippen LogP contribution in [0.3, 0.4) is 0 Å². The molecule has 2 N–H and O–H groups in total. The maximum absolute atomic E-state index is 12.1. The van der Waals surface area contributed by atoms with Crippen molar-refractivity contribution in [3.8, 4) is 0 Å². The fourth-order valence-electron chi connectivity index (χ4n) is 2.24. The number of rotatable bonds is 9. The van der Waals surface area contributed by atoms with Crippen LogP contribution in [0.2, 0.25) is 0 Å². The zero-order valence-corrected chi connectivity index (χ0v) is 13.4. The predicted molar refractivity (Wildman–Crippen MR) is 79.3 cm³/mol. The van der Waals surface area contributed by atoms with E-state index in [1.165, 1.54) is 11.4 Å². The van der Waals surface area contributed by atoms with E-state index in [1.54, 1.807) is 0 Å². The van der Waals surface area contributed by atoms with Crippen molar-refractivity contribution in [2.45, 2.75) is 38.2 Å². The molecule has 1 aliphatic heterocycles. The van der Waals surface area contributed by atoms with Gasteiger partial charge in [0.15, 0.2) is 0 Å². The van der Waals surface area contributed by atoms with Crippen LogP contribution >= 0.6 is 0 Å². The lowest BCUT2D eigenvalue weighted by Crippen LogP contribution is -2.42. The molecule has 1 aliphatic rings. The molecule has 0 unspecified atom stereocenters. The predicted octanol–water partition coefficient (Wildman–Crippen LogP) is 0.0992. The molecule has 0 atom stereocenters. The van der Waals surface area contributed by atoms with Gasteiger partial charge < -0.3 is 15.2 Å². The number of carbonyl (C=O) groups excluding carboxylic acids is 1. The molecular formula is C13H26N2O5S. The van der Waals surface area contributed by atoms with Crippen molar-refractivity contribution in [1.82, 2.24) is 4.31 Å². The van der Waals surface area contributed by atoms with Gasteiger partial charge in [0, 0.05) is 26.1 Å². The minimum absolute atomic E-state index is 0.0131. The second kappa shape index (κ2) is 9.34. The summed E-state index contributed by atoms with van der Waals surface area (Å²) < 4.78 is 35.9. The smallest absolute Gasteiger partial charge is 0.305 e. The van der Waals surface area contributed by atoms with Gasteiger partial charge in [0.1, 0.15) is 0 Å². The van der Waals surface area contributed by atoms with Gasteiger partial charge in [-0.15, -0.1) is 0 Å². The average Bonchev–Trinajstić information content (AvgIpc) is 2.47. The fraction of sp³-hybridized carbons (Fsp3) is 0.923. The van der Waals surface area contributed by atoms with Crippen LogP contribution in [0.4, 0.5) is 0 Å². The van der Waals surface area contributed by atoms with E-state index >= 15 is 0 Å². The summed E-state index contributed by atoms with van der Waals surface area (Å²) in [6.45, 7) is 2.20. The molecule has 1 rings (SSSR count). The maximum Gasteiger partial charge on any atom is 0.305 e. The molecule has 0 aromatic heterocycles. The standard InChI is InChI=1S/C13H26N2O5S/c1-19-13(16)4-2-11-21(17,18)15-8-5-12(6-9-15)20-10-3-7-14/h12H,2-11,14H2,1H3. The summed E-state index contributed by atoms with van der Waals surface area (Å²) in [6, 6.07) is 0. The Morgan fingerprint density at radius 1 is 1.29 bits per heavy atom. The molecule has 0 aliphatic carbocycles. The SMILES string of the molecule is COC(=O)CCCS(=O)(=O)N1CCC(OCCCN)CC1. The Hall–Kier alpha value is -0.700. The summed E-state index contributed by atoms with van der Waals surface area (Å²) in [6.07, 6.45) is 2.79. The van der Waals surface area contributed by atoms with Crippen LogP contribution in [0.5, 0.6) is 0 Å². The van der Waals surface area contributed by atoms with Crippen LogP contribution in [0.15, 0.2) is 0 Å². The maximum atomic E-state index is 12.1. The summed E-state index contributed by atoms with van der Waals surface area (Å²) in [5.74, 6) is -0.391. The van der Waals surface area contributed by atoms with E-state index in [0.717, 1.165) is 6.42 Å². The lowest BCUT2D eigenvalue weighted by Gasteiger charge is -2.31. The molecule has 0 amide bonds. The first kappa shape index (κ1) is 18.3. The third kappa shape index (κ3) is 6.73. The molecule has 1 saturated heterocycles. The Morgan fingerprint density at radius 2 is 1.95 bits per heavy atom. The number of methoxy groups -OCH3 is 1. The number of ether oxygens (including phenoxy) is 2. The Balaban J connectivity index is 2.29. The van der Waals surface area contributed by atoms with E-state index < -0.39 is 10.0 Å². The van der Waals surface area contributed by atoms with Crippen molar-refractivity contribution in [1.29, 1.82) is 0 Å². The largest absolute Gasteiger partial charge is 0.469 e. The van der Waals surface area contributed by atoms with Crippen molar-refractivity contribution in [2.75, 3.05) is 39.1 Å². The lowest BCUT2D eigenvalue weighted by molar-refractivity contribution is -0.140. The highest BCUT2D eigenvalue weighted by Gasteiger charge is 2.28. The van der Waals surface area contributed by atoms with E-state index in [4.69, 9.17) is 10.5 Å². The van der Waals surface area contributed by atoms with E-state index in [0.29, 0.717) is 45.5 Å². The molecule has 21 heavy (non-hydrogen) atoms. The number of carbonyl (C=O) groups is 1. The number of hydrogen-bond donors (Lipinski definition) is 1. The molecule has 7 nitrogen and oxygen atoms in total. The highest BCUT2D eigenvalue weighted by molar-refractivity contribution is 7.89. The molecule has 0 radical (unpaired) electrons. The van der Waals surface area contributed by atoms with E-state index in [2.05, 4.69) is 4.74 Å². The molecule has 0 aromatic carbocycles. The van der Waals surface area contributed by atoms with Gasteiger partial charge in [-0.05, 0) is 32.2 Å². The van der Waals surface area contributed by atoms with E-state index in [9.17, 15) is 13.2 Å². The van der Waals surface area contributed by atoms with Crippen molar-refractivity contribution >= 4 is 16.0 Å². The van der Waals surface area contributed by atoms with Crippen molar-refractivity contribution in [3.63, 3.8) is 0 Å². The second-order valence-corrected chi connectivity index (χ2v) is 7.20. The normalized spacial score (nSPS) is 17.8. The summed E-state index contributed by atoms with van der Waals surface area (Å²) in [7, 11) is -1.99. The van der Waals surface area contributed by atoms with Gasteiger partial charge in [0.25, 0.3) is 0 Å². The van der Waals surface area contributed by atoms with Gasteiger partial charge in [0.05, 0.1) is 19.0 Å². The van der Waals surface area contributed by atoms with Crippen LogP contribution in [-0.4, -0.2) is 63.9 Å². The summed E-state index contributed by atoms with van der Waals surface area (Å²) in [5.41, 5.74) is 5.40. The molecule has 1 fully saturated rings. The number of nitrogens with two attached hydrogens (primary N) is 1. The molecular weight excluding hydrogens is 296 g/mol. The Bertz CT molecular complexity index is 405. The summed E-state index contributed by atoms with van der Waals surface area (Å²) >= 11 is 0. The van der Waals surface area contributed by atoms with Gasteiger partial charge in [-0.25, -0.2) is 12.7 Å². The van der Waals surface area contributed by atoms with E-state index in [-0.39, 0.29) is 24.2 Å². The third-order valence-electron chi connectivity index (χ3n) is 3.51. The van der Waals surface area contributed by atoms with Gasteiger partial charge in [-0.3, -0.25) is 4.79 Å². The summed E-state index contributed by atoms with van der Waals surface area (Å²) in [4.78, 5) is 11.0. The van der Waals surface area contributed by atoms with Crippen LogP contribution in [0.1, 0.15) is 32.1 Å². The third-order valence-corrected chi connectivity index (χ3v) is 5.46. The zero-order chi connectivity index (χ0) is 15.7. The van der Waals surface area contributed by atoms with Crippen LogP contribution in [-0.2, 0) is 24.3 Å². The molecule has 1 heterocycles. The minimum Gasteiger partial charge on any atom is -0.469 e. The summed E-state index contributed by atoms with van der Waals surface area (Å²) in [5, 5.41) is 0. The monoisotopic (exact) mass is 322 g/mol. The molecule has 0 bridgehead atoms. The fourth-order valence-corrected chi connectivity index (χ4v) is 3.77. The average molecular weight is 322 g/mol. The van der Waals surface area contributed by atoms with Gasteiger partial charge in [-0.1, -0.05) is 0 Å². The van der Waals surface area contributed by atoms with Crippen molar-refractivity contribution < 1.29 is 22.7 Å². The van der Waals surface area contributed by atoms with Crippen LogP contribution in [0.25, 0.3) is 0 Å². The second-order valence-electron chi connectivity index (χ2n) is 5.11. The zero-order valence-electron chi connectivity index (χ0n) is 12.6. The van der Waals surface area contributed by atoms with Gasteiger partial charge in [0.2, 0.25) is 10.0 Å². The molecule has 124 valence electrons. The van der Waals surface area contributed by atoms with Crippen molar-refractivity contribution in [3.05, 3.63) is 0 Å². The molecule has 0 aromatic rings. The highest BCUT2D eigenvalue weighted by Crippen LogP contribution is 2.18. The first-order chi connectivity index (χ1) is 9.99.